The van der Waals surface area contributed by atoms with Crippen molar-refractivity contribution in [3.05, 3.63) is 36.0 Å². The average Bonchev–Trinajstić information content (AvgIpc) is 2.46. The van der Waals surface area contributed by atoms with Gasteiger partial charge in [-0.2, -0.15) is 0 Å². The van der Waals surface area contributed by atoms with Gasteiger partial charge in [0.2, 0.25) is 5.88 Å². The number of benzene rings is 1. The molecule has 0 aliphatic carbocycles. The minimum Gasteiger partial charge on any atom is -0.481 e. The summed E-state index contributed by atoms with van der Waals surface area (Å²) < 4.78 is 5.24. The highest BCUT2D eigenvalue weighted by Gasteiger charge is 2.14. The standard InChI is InChI=1S/C15H18N2O3/c1-10(7-8-18)16-14(19)13-9-11-5-3-4-6-12(11)15(17-13)20-2/h3-6,9-10,18H,7-8H2,1-2H3,(H,16,19). The highest BCUT2D eigenvalue weighted by atomic mass is 16.5. The Labute approximate surface area is 117 Å². The van der Waals surface area contributed by atoms with Gasteiger partial charge in [0, 0.05) is 18.0 Å². The van der Waals surface area contributed by atoms with Crippen molar-refractivity contribution in [3.8, 4) is 5.88 Å². The molecule has 0 aliphatic heterocycles. The Morgan fingerprint density at radius 1 is 1.45 bits per heavy atom. The van der Waals surface area contributed by atoms with Gasteiger partial charge in [0.05, 0.1) is 7.11 Å². The average molecular weight is 274 g/mol. The summed E-state index contributed by atoms with van der Waals surface area (Å²) in [6.45, 7) is 1.88. The molecule has 1 heterocycles. The summed E-state index contributed by atoms with van der Waals surface area (Å²) in [6.07, 6.45) is 0.510. The second-order valence-electron chi connectivity index (χ2n) is 4.62. The van der Waals surface area contributed by atoms with E-state index in [2.05, 4.69) is 10.3 Å². The monoisotopic (exact) mass is 274 g/mol. The molecule has 1 amide bonds. The molecule has 0 radical (unpaired) electrons. The molecule has 20 heavy (non-hydrogen) atoms. The van der Waals surface area contributed by atoms with Gasteiger partial charge >= 0.3 is 0 Å². The maximum Gasteiger partial charge on any atom is 0.270 e. The SMILES string of the molecule is COc1nc(C(=O)NC(C)CCO)cc2ccccc12. The minimum atomic E-state index is -0.269. The van der Waals surface area contributed by atoms with Crippen molar-refractivity contribution in [1.29, 1.82) is 0 Å². The van der Waals surface area contributed by atoms with E-state index >= 15 is 0 Å². The predicted molar refractivity (Wildman–Crippen MR) is 76.9 cm³/mol. The van der Waals surface area contributed by atoms with E-state index < -0.39 is 0 Å². The van der Waals surface area contributed by atoms with Gasteiger partial charge in [0.15, 0.2) is 0 Å². The third kappa shape index (κ3) is 3.05. The molecule has 2 aromatic rings. The number of amides is 1. The molecule has 1 aromatic carbocycles. The largest absolute Gasteiger partial charge is 0.481 e. The molecule has 1 aromatic heterocycles. The van der Waals surface area contributed by atoms with Crippen LogP contribution in [0.4, 0.5) is 0 Å². The van der Waals surface area contributed by atoms with Crippen LogP contribution in [0.15, 0.2) is 30.3 Å². The quantitative estimate of drug-likeness (QED) is 0.871. The number of hydrogen-bond acceptors (Lipinski definition) is 4. The zero-order chi connectivity index (χ0) is 14.5. The van der Waals surface area contributed by atoms with E-state index in [1.54, 1.807) is 6.07 Å². The van der Waals surface area contributed by atoms with E-state index in [9.17, 15) is 4.79 Å². The third-order valence-corrected chi connectivity index (χ3v) is 3.07. The summed E-state index contributed by atoms with van der Waals surface area (Å²) >= 11 is 0. The summed E-state index contributed by atoms with van der Waals surface area (Å²) in [4.78, 5) is 16.4. The van der Waals surface area contributed by atoms with Crippen LogP contribution in [-0.2, 0) is 0 Å². The Hall–Kier alpha value is -2.14. The number of aliphatic hydroxyl groups excluding tert-OH is 1. The smallest absolute Gasteiger partial charge is 0.270 e. The van der Waals surface area contributed by atoms with E-state index in [1.165, 1.54) is 7.11 Å². The molecule has 1 atom stereocenters. The van der Waals surface area contributed by atoms with Crippen LogP contribution in [0.1, 0.15) is 23.8 Å². The Morgan fingerprint density at radius 2 is 2.20 bits per heavy atom. The van der Waals surface area contributed by atoms with Gasteiger partial charge in [0.25, 0.3) is 5.91 Å². The third-order valence-electron chi connectivity index (χ3n) is 3.07. The van der Waals surface area contributed by atoms with E-state index in [1.807, 2.05) is 31.2 Å². The summed E-state index contributed by atoms with van der Waals surface area (Å²) in [5, 5.41) is 13.4. The Morgan fingerprint density at radius 3 is 2.90 bits per heavy atom. The number of hydrogen-bond donors (Lipinski definition) is 2. The van der Waals surface area contributed by atoms with Crippen molar-refractivity contribution in [2.24, 2.45) is 0 Å². The Balaban J connectivity index is 2.32. The van der Waals surface area contributed by atoms with E-state index in [0.29, 0.717) is 18.0 Å². The van der Waals surface area contributed by atoms with Crippen molar-refractivity contribution >= 4 is 16.7 Å². The van der Waals surface area contributed by atoms with Crippen LogP contribution in [0.25, 0.3) is 10.8 Å². The van der Waals surface area contributed by atoms with Crippen LogP contribution in [0.5, 0.6) is 5.88 Å². The highest BCUT2D eigenvalue weighted by Crippen LogP contribution is 2.24. The van der Waals surface area contributed by atoms with Gasteiger partial charge in [-0.25, -0.2) is 4.98 Å². The normalized spacial score (nSPS) is 12.2. The minimum absolute atomic E-state index is 0.0376. The maximum atomic E-state index is 12.1. The lowest BCUT2D eigenvalue weighted by molar-refractivity contribution is 0.0928. The molecule has 0 fully saturated rings. The maximum absolute atomic E-state index is 12.1. The fourth-order valence-electron chi connectivity index (χ4n) is 2.00. The van der Waals surface area contributed by atoms with Crippen molar-refractivity contribution < 1.29 is 14.6 Å². The van der Waals surface area contributed by atoms with Crippen LogP contribution < -0.4 is 10.1 Å². The Bertz CT molecular complexity index is 613. The molecule has 0 saturated carbocycles. The lowest BCUT2D eigenvalue weighted by atomic mass is 10.1. The number of pyridine rings is 1. The lowest BCUT2D eigenvalue weighted by Gasteiger charge is -2.13. The van der Waals surface area contributed by atoms with Gasteiger partial charge in [0.1, 0.15) is 5.69 Å². The second-order valence-corrected chi connectivity index (χ2v) is 4.62. The number of aliphatic hydroxyl groups is 1. The van der Waals surface area contributed by atoms with Gasteiger partial charge in [-0.15, -0.1) is 0 Å². The van der Waals surface area contributed by atoms with Crippen LogP contribution in [0.3, 0.4) is 0 Å². The van der Waals surface area contributed by atoms with E-state index in [-0.39, 0.29) is 18.6 Å². The van der Waals surface area contributed by atoms with Crippen LogP contribution in [-0.4, -0.2) is 35.8 Å². The van der Waals surface area contributed by atoms with Gasteiger partial charge in [-0.3, -0.25) is 4.79 Å². The number of carbonyl (C=O) groups excluding carboxylic acids is 1. The number of aromatic nitrogens is 1. The molecule has 2 rings (SSSR count). The molecule has 5 nitrogen and oxygen atoms in total. The number of fused-ring (bicyclic) bond motifs is 1. The Kier molecular flexibility index (Phi) is 4.53. The fourth-order valence-corrected chi connectivity index (χ4v) is 2.00. The first-order valence-electron chi connectivity index (χ1n) is 6.51. The highest BCUT2D eigenvalue weighted by molar-refractivity contribution is 5.98. The van der Waals surface area contributed by atoms with Gasteiger partial charge in [-0.1, -0.05) is 18.2 Å². The number of rotatable bonds is 5. The first-order valence-corrected chi connectivity index (χ1v) is 6.51. The number of ether oxygens (including phenoxy) is 1. The van der Waals surface area contributed by atoms with Gasteiger partial charge < -0.3 is 15.2 Å². The molecule has 0 aliphatic rings. The molecule has 2 N–H and O–H groups in total. The number of methoxy groups -OCH3 is 1. The molecule has 1 unspecified atom stereocenters. The number of carbonyl (C=O) groups is 1. The predicted octanol–water partition coefficient (Wildman–Crippen LogP) is 1.74. The number of nitrogens with one attached hydrogen (secondary N) is 1. The lowest BCUT2D eigenvalue weighted by Crippen LogP contribution is -2.33. The second kappa shape index (κ2) is 6.34. The van der Waals surface area contributed by atoms with E-state index in [0.717, 1.165) is 10.8 Å². The van der Waals surface area contributed by atoms with Crippen molar-refractivity contribution in [2.45, 2.75) is 19.4 Å². The van der Waals surface area contributed by atoms with Crippen LogP contribution >= 0.6 is 0 Å². The van der Waals surface area contributed by atoms with Crippen molar-refractivity contribution in [1.82, 2.24) is 10.3 Å². The van der Waals surface area contributed by atoms with E-state index in [4.69, 9.17) is 9.84 Å². The van der Waals surface area contributed by atoms with Gasteiger partial charge in [-0.05, 0) is 30.9 Å². The summed E-state index contributed by atoms with van der Waals surface area (Å²) in [5.74, 6) is 0.165. The molecule has 5 heteroatoms. The van der Waals surface area contributed by atoms with Crippen molar-refractivity contribution in [3.63, 3.8) is 0 Å². The molecule has 0 spiro atoms. The zero-order valence-electron chi connectivity index (χ0n) is 11.6. The summed E-state index contributed by atoms with van der Waals surface area (Å²) in [5.41, 5.74) is 0.310. The molecular weight excluding hydrogens is 256 g/mol. The first-order chi connectivity index (χ1) is 9.65. The number of nitrogens with zero attached hydrogens (tertiary/aromatic N) is 1. The topological polar surface area (TPSA) is 71.5 Å². The molecule has 106 valence electrons. The summed E-state index contributed by atoms with van der Waals surface area (Å²) in [6, 6.07) is 9.24. The van der Waals surface area contributed by atoms with Crippen molar-refractivity contribution in [2.75, 3.05) is 13.7 Å². The van der Waals surface area contributed by atoms with Crippen LogP contribution in [0, 0.1) is 0 Å². The molecule has 0 saturated heterocycles. The molecule has 0 bridgehead atoms. The van der Waals surface area contributed by atoms with Crippen LogP contribution in [0.2, 0.25) is 0 Å². The molecular formula is C15H18N2O3. The first kappa shape index (κ1) is 14.3. The fraction of sp³-hybridized carbons (Fsp3) is 0.333. The zero-order valence-corrected chi connectivity index (χ0v) is 11.6. The summed E-state index contributed by atoms with van der Waals surface area (Å²) in [7, 11) is 1.53.